The topological polar surface area (TPSA) is 230 Å². The number of hydrogen-bond acceptors (Lipinski definition) is 17. The number of phosphoric ester groups is 1. The van der Waals surface area contributed by atoms with E-state index in [9.17, 15) is 28.6 Å². The molecule has 0 radical (unpaired) electrons. The van der Waals surface area contributed by atoms with Crippen molar-refractivity contribution in [3.63, 3.8) is 0 Å². The van der Waals surface area contributed by atoms with E-state index in [1.807, 2.05) is 25.1 Å². The fourth-order valence-electron chi connectivity index (χ4n) is 4.87. The zero-order valence-corrected chi connectivity index (χ0v) is 31.7. The molecule has 0 saturated carbocycles. The average Bonchev–Trinajstić information content (AvgIpc) is 3.82. The predicted molar refractivity (Wildman–Crippen MR) is 192 cm³/mol. The van der Waals surface area contributed by atoms with Crippen LogP contribution in [0.2, 0.25) is 0 Å². The van der Waals surface area contributed by atoms with Gasteiger partial charge >= 0.3 is 19.8 Å². The number of aromatic nitrogens is 4. The van der Waals surface area contributed by atoms with Crippen LogP contribution in [0.5, 0.6) is 0 Å². The number of hydrogen-bond donors (Lipinski definition) is 1. The van der Waals surface area contributed by atoms with Crippen molar-refractivity contribution < 1.29 is 70.2 Å². The minimum absolute atomic E-state index is 0.0405. The van der Waals surface area contributed by atoms with Gasteiger partial charge < -0.3 is 37.9 Å². The number of carbonyl (C=O) groups is 4. The molecular formula is C35H43FN5O14P. The number of likely N-dealkylation sites (N-methyl/N-ethyl adjacent to an activating group) is 1. The van der Waals surface area contributed by atoms with Gasteiger partial charge in [0.25, 0.3) is 12.9 Å². The van der Waals surface area contributed by atoms with Crippen molar-refractivity contribution in [3.05, 3.63) is 59.8 Å². The van der Waals surface area contributed by atoms with Crippen LogP contribution in [-0.2, 0) is 69.6 Å². The van der Waals surface area contributed by atoms with Crippen LogP contribution in [0, 0.1) is 12.9 Å². The SMILES string of the molecule is Cc1ccc2cc(-c3ccc(N(C)CCn4cc(COC(=O)CCCOCCOC(=O)CCCOP(=O)(O)OCC(COC=O)OC=O)nn4)nc3F)oc2c1. The largest absolute Gasteiger partial charge is 0.472 e. The minimum atomic E-state index is -4.52. The highest BCUT2D eigenvalue weighted by atomic mass is 31.2. The molecule has 0 aliphatic rings. The van der Waals surface area contributed by atoms with Crippen molar-refractivity contribution in [2.24, 2.45) is 0 Å². The first kappa shape index (κ1) is 43.5. The maximum Gasteiger partial charge on any atom is 0.472 e. The van der Waals surface area contributed by atoms with E-state index in [1.165, 1.54) is 0 Å². The lowest BCUT2D eigenvalue weighted by molar-refractivity contribution is -0.145. The molecule has 0 aliphatic heterocycles. The molecule has 3 heterocycles. The first-order valence-electron chi connectivity index (χ1n) is 17.4. The first-order chi connectivity index (χ1) is 27.0. The summed E-state index contributed by atoms with van der Waals surface area (Å²) >= 11 is 0. The van der Waals surface area contributed by atoms with Crippen molar-refractivity contribution >= 4 is 49.5 Å². The van der Waals surface area contributed by atoms with E-state index in [1.54, 1.807) is 41.0 Å². The number of fused-ring (bicyclic) bond motifs is 1. The number of aryl methyl sites for hydroxylation is 1. The van der Waals surface area contributed by atoms with E-state index < -0.39 is 38.4 Å². The highest BCUT2D eigenvalue weighted by molar-refractivity contribution is 7.47. The Morgan fingerprint density at radius 3 is 2.55 bits per heavy atom. The van der Waals surface area contributed by atoms with Crippen LogP contribution < -0.4 is 4.90 Å². The molecule has 0 amide bonds. The van der Waals surface area contributed by atoms with Gasteiger partial charge in [0, 0.05) is 38.4 Å². The monoisotopic (exact) mass is 807 g/mol. The molecule has 2 atom stereocenters. The van der Waals surface area contributed by atoms with Crippen LogP contribution in [0.4, 0.5) is 10.2 Å². The van der Waals surface area contributed by atoms with E-state index in [2.05, 4.69) is 29.3 Å². The summed E-state index contributed by atoms with van der Waals surface area (Å²) in [6.07, 6.45) is 0.939. The molecule has 4 rings (SSSR count). The Kier molecular flexibility index (Phi) is 17.3. The average molecular weight is 808 g/mol. The molecule has 1 N–H and O–H groups in total. The molecule has 21 heteroatoms. The number of nitrogens with zero attached hydrogens (tertiary/aromatic N) is 5. The lowest BCUT2D eigenvalue weighted by Crippen LogP contribution is -2.24. The van der Waals surface area contributed by atoms with Crippen molar-refractivity contribution in [3.8, 4) is 11.3 Å². The number of phosphoric acid groups is 1. The smallest absolute Gasteiger partial charge is 0.464 e. The van der Waals surface area contributed by atoms with Gasteiger partial charge in [-0.15, -0.1) is 5.10 Å². The lowest BCUT2D eigenvalue weighted by atomic mass is 10.1. The summed E-state index contributed by atoms with van der Waals surface area (Å²) < 4.78 is 68.4. The summed E-state index contributed by atoms with van der Waals surface area (Å²) in [5.74, 6) is -0.848. The number of pyridine rings is 1. The molecule has 56 heavy (non-hydrogen) atoms. The van der Waals surface area contributed by atoms with E-state index in [4.69, 9.17) is 23.2 Å². The van der Waals surface area contributed by atoms with E-state index in [0.29, 0.717) is 42.4 Å². The van der Waals surface area contributed by atoms with Crippen LogP contribution >= 0.6 is 7.82 Å². The number of ether oxygens (including phenoxy) is 5. The summed E-state index contributed by atoms with van der Waals surface area (Å²) in [5.41, 5.74) is 2.45. The van der Waals surface area contributed by atoms with Crippen LogP contribution in [0.1, 0.15) is 36.9 Å². The van der Waals surface area contributed by atoms with Crippen molar-refractivity contribution in [2.45, 2.75) is 51.9 Å². The Balaban J connectivity index is 1.02. The highest BCUT2D eigenvalue weighted by Gasteiger charge is 2.24. The third kappa shape index (κ3) is 14.8. The molecule has 304 valence electrons. The van der Waals surface area contributed by atoms with Crippen molar-refractivity contribution in [2.75, 3.05) is 58.1 Å². The maximum atomic E-state index is 15.0. The minimum Gasteiger partial charge on any atom is -0.464 e. The van der Waals surface area contributed by atoms with E-state index >= 15 is 4.39 Å². The molecule has 3 aromatic heterocycles. The third-order valence-corrected chi connectivity index (χ3v) is 8.74. The zero-order valence-electron chi connectivity index (χ0n) is 30.8. The Hall–Kier alpha value is -5.27. The van der Waals surface area contributed by atoms with Crippen LogP contribution in [-0.4, -0.2) is 109 Å². The highest BCUT2D eigenvalue weighted by Crippen LogP contribution is 2.43. The molecule has 4 aromatic rings. The van der Waals surface area contributed by atoms with Gasteiger partial charge in [-0.25, -0.2) is 9.55 Å². The quantitative estimate of drug-likeness (QED) is 0.0226. The second-order valence-corrected chi connectivity index (χ2v) is 13.6. The normalized spacial score (nSPS) is 12.8. The summed E-state index contributed by atoms with van der Waals surface area (Å²) in [5, 5.41) is 8.97. The number of carbonyl (C=O) groups excluding carboxylic acids is 4. The number of benzene rings is 1. The number of esters is 2. The molecular weight excluding hydrogens is 764 g/mol. The maximum absolute atomic E-state index is 15.0. The Bertz CT molecular complexity index is 1940. The molecule has 0 spiro atoms. The van der Waals surface area contributed by atoms with Crippen LogP contribution in [0.3, 0.4) is 0 Å². The van der Waals surface area contributed by atoms with Gasteiger partial charge in [-0.1, -0.05) is 17.3 Å². The summed E-state index contributed by atoms with van der Waals surface area (Å²) in [4.78, 5) is 60.3. The number of anilines is 1. The van der Waals surface area contributed by atoms with Crippen LogP contribution in [0.15, 0.2) is 47.0 Å². The standard InChI is InChI=1S/C35H43FN5O14P/c1-25-7-8-26-18-31(55-30(26)17-25)29-9-10-32(37-35(29)36)40(2)11-12-41-19-27(38-39-41)20-51-34(45)5-3-13-48-15-16-50-33(44)6-4-14-53-56(46,47)54-22-28(52-24-43)21-49-23-42/h7-10,17-19,23-24,28H,3-6,11-16,20-22H2,1-2H3,(H,46,47). The molecule has 2 unspecified atom stereocenters. The third-order valence-electron chi connectivity index (χ3n) is 7.76. The first-order valence-corrected chi connectivity index (χ1v) is 18.9. The van der Waals surface area contributed by atoms with Gasteiger partial charge in [0.05, 0.1) is 38.1 Å². The van der Waals surface area contributed by atoms with Gasteiger partial charge in [-0.3, -0.25) is 32.9 Å². The summed E-state index contributed by atoms with van der Waals surface area (Å²) in [6.45, 7) is 1.95. The Morgan fingerprint density at radius 2 is 1.79 bits per heavy atom. The van der Waals surface area contributed by atoms with Gasteiger partial charge in [-0.05, 0) is 49.6 Å². The van der Waals surface area contributed by atoms with Gasteiger partial charge in [-0.2, -0.15) is 4.39 Å². The number of halogens is 1. The predicted octanol–water partition coefficient (Wildman–Crippen LogP) is 3.68. The molecule has 0 saturated heterocycles. The fraction of sp³-hybridized carbons (Fsp3) is 0.457. The zero-order chi connectivity index (χ0) is 40.3. The second-order valence-electron chi connectivity index (χ2n) is 12.1. The van der Waals surface area contributed by atoms with Crippen molar-refractivity contribution in [1.29, 1.82) is 0 Å². The summed E-state index contributed by atoms with van der Waals surface area (Å²) in [7, 11) is -2.74. The number of furan rings is 1. The van der Waals surface area contributed by atoms with Crippen molar-refractivity contribution in [1.82, 2.24) is 20.0 Å². The molecule has 0 aliphatic carbocycles. The molecule has 19 nitrogen and oxygen atoms in total. The Morgan fingerprint density at radius 1 is 1.00 bits per heavy atom. The van der Waals surface area contributed by atoms with Gasteiger partial charge in [0.15, 0.2) is 6.10 Å². The second kappa shape index (κ2) is 22.3. The summed E-state index contributed by atoms with van der Waals surface area (Å²) in [6, 6.07) is 10.9. The number of rotatable bonds is 27. The van der Waals surface area contributed by atoms with Gasteiger partial charge in [0.2, 0.25) is 5.95 Å². The van der Waals surface area contributed by atoms with E-state index in [-0.39, 0.29) is 77.4 Å². The molecule has 0 fully saturated rings. The molecule has 0 bridgehead atoms. The lowest BCUT2D eigenvalue weighted by Gasteiger charge is -2.18. The van der Waals surface area contributed by atoms with Gasteiger partial charge in [0.1, 0.15) is 42.7 Å². The fourth-order valence-corrected chi connectivity index (χ4v) is 5.66. The molecule has 1 aromatic carbocycles. The van der Waals surface area contributed by atoms with Crippen LogP contribution in [0.25, 0.3) is 22.3 Å². The Labute approximate surface area is 320 Å². The van der Waals surface area contributed by atoms with E-state index in [0.717, 1.165) is 10.9 Å².